The van der Waals surface area contributed by atoms with Crippen LogP contribution in [0.4, 0.5) is 0 Å². The number of hydrogen-bond donors (Lipinski definition) is 1. The van der Waals surface area contributed by atoms with Crippen LogP contribution >= 0.6 is 0 Å². The largest absolute Gasteiger partial charge is 0.391 e. The zero-order valence-corrected chi connectivity index (χ0v) is 9.14. The molecule has 4 nitrogen and oxygen atoms in total. The van der Waals surface area contributed by atoms with Crippen molar-refractivity contribution in [1.29, 1.82) is 0 Å². The molecule has 1 heterocycles. The number of amidine groups is 1. The van der Waals surface area contributed by atoms with Gasteiger partial charge < -0.3 is 10.0 Å². The smallest absolute Gasteiger partial charge is 0.101 e. The quantitative estimate of drug-likeness (QED) is 0.538. The molecule has 0 spiro atoms. The summed E-state index contributed by atoms with van der Waals surface area (Å²) in [5.41, 5.74) is 0. The van der Waals surface area contributed by atoms with Crippen LogP contribution in [-0.4, -0.2) is 47.4 Å². The van der Waals surface area contributed by atoms with E-state index in [0.717, 1.165) is 25.3 Å². The first kappa shape index (κ1) is 11.2. The van der Waals surface area contributed by atoms with Crippen molar-refractivity contribution in [3.63, 3.8) is 0 Å². The summed E-state index contributed by atoms with van der Waals surface area (Å²) < 4.78 is 0. The number of hydrogen-bond acceptors (Lipinski definition) is 3. The second-order valence-electron chi connectivity index (χ2n) is 3.60. The van der Waals surface area contributed by atoms with E-state index in [1.54, 1.807) is 6.34 Å². The van der Waals surface area contributed by atoms with Gasteiger partial charge >= 0.3 is 0 Å². The van der Waals surface area contributed by atoms with Crippen LogP contribution in [0, 0.1) is 0 Å². The Morgan fingerprint density at radius 1 is 1.71 bits per heavy atom. The molecule has 1 aliphatic rings. The van der Waals surface area contributed by atoms with Crippen LogP contribution < -0.4 is 0 Å². The van der Waals surface area contributed by atoms with Crippen molar-refractivity contribution >= 4 is 12.2 Å². The minimum atomic E-state index is -0.342. The highest BCUT2D eigenvalue weighted by Gasteiger charge is 2.12. The summed E-state index contributed by atoms with van der Waals surface area (Å²) in [5.74, 6) is 1.01. The Kier molecular flexibility index (Phi) is 4.07. The molecule has 0 saturated heterocycles. The highest BCUT2D eigenvalue weighted by Crippen LogP contribution is 2.03. The van der Waals surface area contributed by atoms with Gasteiger partial charge in [0.1, 0.15) is 5.84 Å². The molecule has 0 fully saturated rings. The lowest BCUT2D eigenvalue weighted by molar-refractivity contribution is 0.147. The topological polar surface area (TPSA) is 48.2 Å². The predicted octanol–water partition coefficient (Wildman–Crippen LogP) is 0.908. The molecule has 0 aromatic heterocycles. The minimum Gasteiger partial charge on any atom is -0.391 e. The maximum Gasteiger partial charge on any atom is 0.101 e. The van der Waals surface area contributed by atoms with Gasteiger partial charge in [-0.05, 0) is 20.3 Å². The molecule has 1 N–H and O–H groups in total. The first-order valence-electron chi connectivity index (χ1n) is 5.14. The molecule has 14 heavy (non-hydrogen) atoms. The Labute approximate surface area is 85.4 Å². The predicted molar refractivity (Wildman–Crippen MR) is 58.9 cm³/mol. The lowest BCUT2D eigenvalue weighted by Gasteiger charge is -2.15. The summed E-state index contributed by atoms with van der Waals surface area (Å²) in [6.45, 7) is 7.61. The van der Waals surface area contributed by atoms with Gasteiger partial charge in [-0.25, -0.2) is 0 Å². The Bertz CT molecular complexity index is 238. The number of aliphatic imine (C=N–C) groups is 2. The van der Waals surface area contributed by atoms with Crippen LogP contribution in [0.2, 0.25) is 0 Å². The van der Waals surface area contributed by atoms with Crippen molar-refractivity contribution in [3.05, 3.63) is 0 Å². The van der Waals surface area contributed by atoms with Crippen LogP contribution in [0.25, 0.3) is 0 Å². The van der Waals surface area contributed by atoms with Gasteiger partial charge in [-0.2, -0.15) is 0 Å². The van der Waals surface area contributed by atoms with E-state index in [4.69, 9.17) is 0 Å². The molecule has 0 radical (unpaired) electrons. The van der Waals surface area contributed by atoms with E-state index >= 15 is 0 Å². The van der Waals surface area contributed by atoms with E-state index in [1.807, 2.05) is 25.7 Å². The van der Waals surface area contributed by atoms with Gasteiger partial charge in [0.05, 0.1) is 25.0 Å². The summed E-state index contributed by atoms with van der Waals surface area (Å²) in [6, 6.07) is -0.0339. The third-order valence-corrected chi connectivity index (χ3v) is 2.51. The van der Waals surface area contributed by atoms with Gasteiger partial charge in [-0.3, -0.25) is 9.98 Å². The van der Waals surface area contributed by atoms with Gasteiger partial charge in [0.25, 0.3) is 0 Å². The molecule has 1 rings (SSSR count). The lowest BCUT2D eigenvalue weighted by atomic mass is 10.1. The minimum absolute atomic E-state index is 0.0339. The maximum absolute atomic E-state index is 9.50. The molecular weight excluding hydrogens is 178 g/mol. The molecule has 4 heteroatoms. The summed E-state index contributed by atoms with van der Waals surface area (Å²) in [7, 11) is 0. The summed E-state index contributed by atoms with van der Waals surface area (Å²) in [6.07, 6.45) is 2.19. The van der Waals surface area contributed by atoms with Crippen LogP contribution in [-0.2, 0) is 0 Å². The normalized spacial score (nSPS) is 21.4. The summed E-state index contributed by atoms with van der Waals surface area (Å²) in [5, 5.41) is 9.50. The summed E-state index contributed by atoms with van der Waals surface area (Å²) >= 11 is 0. The van der Waals surface area contributed by atoms with Crippen molar-refractivity contribution in [2.75, 3.05) is 13.1 Å². The zero-order valence-electron chi connectivity index (χ0n) is 9.14. The van der Waals surface area contributed by atoms with Crippen molar-refractivity contribution in [3.8, 4) is 0 Å². The van der Waals surface area contributed by atoms with E-state index in [-0.39, 0.29) is 12.1 Å². The molecule has 2 atom stereocenters. The van der Waals surface area contributed by atoms with Crippen molar-refractivity contribution in [1.82, 2.24) is 4.90 Å². The van der Waals surface area contributed by atoms with Crippen LogP contribution in [0.5, 0.6) is 0 Å². The van der Waals surface area contributed by atoms with Gasteiger partial charge in [0.2, 0.25) is 0 Å². The molecule has 0 saturated carbocycles. The third-order valence-electron chi connectivity index (χ3n) is 2.51. The molecule has 0 aromatic carbocycles. The molecular formula is C10H19N3O. The standard InChI is InChI=1S/C10H19N3O/c1-4-10(14)8(2)12-7-13-6-5-11-9(13)3/h7-8,10,14H,4-6H2,1-3H3. The highest BCUT2D eigenvalue weighted by atomic mass is 16.3. The highest BCUT2D eigenvalue weighted by molar-refractivity contribution is 5.91. The van der Waals surface area contributed by atoms with Crippen molar-refractivity contribution in [2.24, 2.45) is 9.98 Å². The number of aliphatic hydroxyl groups excluding tert-OH is 1. The Morgan fingerprint density at radius 2 is 2.43 bits per heavy atom. The fourth-order valence-corrected chi connectivity index (χ4v) is 1.34. The first-order chi connectivity index (χ1) is 6.65. The molecule has 0 aromatic rings. The Hall–Kier alpha value is -0.900. The third kappa shape index (κ3) is 2.80. The first-order valence-corrected chi connectivity index (χ1v) is 5.14. The fraction of sp³-hybridized carbons (Fsp3) is 0.800. The van der Waals surface area contributed by atoms with Crippen LogP contribution in [0.3, 0.4) is 0 Å². The van der Waals surface area contributed by atoms with Crippen molar-refractivity contribution in [2.45, 2.75) is 39.3 Å². The van der Waals surface area contributed by atoms with Gasteiger partial charge in [0, 0.05) is 6.54 Å². The zero-order chi connectivity index (χ0) is 10.6. The number of aliphatic hydroxyl groups is 1. The fourth-order valence-electron chi connectivity index (χ4n) is 1.34. The Morgan fingerprint density at radius 3 is 2.93 bits per heavy atom. The van der Waals surface area contributed by atoms with Crippen LogP contribution in [0.15, 0.2) is 9.98 Å². The molecule has 2 unspecified atom stereocenters. The van der Waals surface area contributed by atoms with E-state index < -0.39 is 0 Å². The SMILES string of the molecule is CCC(O)C(C)N=CN1CCN=C1C. The van der Waals surface area contributed by atoms with E-state index in [9.17, 15) is 5.11 Å². The molecule has 0 amide bonds. The van der Waals surface area contributed by atoms with Crippen molar-refractivity contribution < 1.29 is 5.11 Å². The Balaban J connectivity index is 2.43. The summed E-state index contributed by atoms with van der Waals surface area (Å²) in [4.78, 5) is 10.6. The maximum atomic E-state index is 9.50. The average molecular weight is 197 g/mol. The number of nitrogens with zero attached hydrogens (tertiary/aromatic N) is 3. The van der Waals surface area contributed by atoms with Gasteiger partial charge in [-0.15, -0.1) is 0 Å². The van der Waals surface area contributed by atoms with E-state index in [1.165, 1.54) is 0 Å². The molecule has 0 bridgehead atoms. The monoisotopic (exact) mass is 197 g/mol. The second kappa shape index (κ2) is 5.10. The average Bonchev–Trinajstić information content (AvgIpc) is 2.59. The lowest BCUT2D eigenvalue weighted by Crippen LogP contribution is -2.27. The van der Waals surface area contributed by atoms with Gasteiger partial charge in [-0.1, -0.05) is 6.92 Å². The molecule has 0 aliphatic carbocycles. The van der Waals surface area contributed by atoms with E-state index in [2.05, 4.69) is 9.98 Å². The molecule has 1 aliphatic heterocycles. The van der Waals surface area contributed by atoms with Crippen LogP contribution in [0.1, 0.15) is 27.2 Å². The molecule has 80 valence electrons. The number of rotatable bonds is 4. The van der Waals surface area contributed by atoms with Gasteiger partial charge in [0.15, 0.2) is 0 Å². The van der Waals surface area contributed by atoms with E-state index in [0.29, 0.717) is 0 Å². The second-order valence-corrected chi connectivity index (χ2v) is 3.60.